The molecule has 262 valence electrons. The summed E-state index contributed by atoms with van der Waals surface area (Å²) in [5, 5.41) is 15.0. The van der Waals surface area contributed by atoms with E-state index in [1.807, 2.05) is 42.5 Å². The number of para-hydroxylation sites is 2. The van der Waals surface area contributed by atoms with Crippen LogP contribution in [0.3, 0.4) is 0 Å². The third-order valence-electron chi connectivity index (χ3n) is 11.3. The summed E-state index contributed by atoms with van der Waals surface area (Å²) < 4.78 is 13.6. The fourth-order valence-corrected chi connectivity index (χ4v) is 8.69. The molecule has 1 unspecified atom stereocenters. The minimum Gasteiger partial charge on any atom is -0.455 e. The van der Waals surface area contributed by atoms with Crippen molar-refractivity contribution in [1.29, 1.82) is 0 Å². The van der Waals surface area contributed by atoms with Crippen molar-refractivity contribution in [3.63, 3.8) is 0 Å². The molecule has 0 aliphatic carbocycles. The highest BCUT2D eigenvalue weighted by molar-refractivity contribution is 6.24. The Labute approximate surface area is 320 Å². The van der Waals surface area contributed by atoms with Gasteiger partial charge in [-0.15, -0.1) is 0 Å². The van der Waals surface area contributed by atoms with Crippen molar-refractivity contribution in [2.75, 3.05) is 0 Å². The van der Waals surface area contributed by atoms with Crippen LogP contribution in [0.25, 0.3) is 87.3 Å². The van der Waals surface area contributed by atoms with Gasteiger partial charge in [-0.25, -0.2) is 9.98 Å². The third-order valence-corrected chi connectivity index (χ3v) is 11.3. The maximum Gasteiger partial charge on any atom is 0.170 e. The van der Waals surface area contributed by atoms with E-state index >= 15 is 0 Å². The van der Waals surface area contributed by atoms with Gasteiger partial charge in [0.05, 0.1) is 0 Å². The maximum absolute atomic E-state index is 6.86. The van der Waals surface area contributed by atoms with E-state index in [1.54, 1.807) is 0 Å². The normalized spacial score (nSPS) is 14.6. The minimum atomic E-state index is -0.547. The number of nitrogens with one attached hydrogen (secondary N) is 1. The van der Waals surface area contributed by atoms with Crippen LogP contribution in [0.2, 0.25) is 0 Å². The van der Waals surface area contributed by atoms with Gasteiger partial charge < -0.3 is 14.2 Å². The zero-order valence-corrected chi connectivity index (χ0v) is 30.0. The molecule has 5 nitrogen and oxygen atoms in total. The van der Waals surface area contributed by atoms with E-state index in [4.69, 9.17) is 18.8 Å². The first-order valence-corrected chi connectivity index (χ1v) is 18.9. The van der Waals surface area contributed by atoms with Crippen LogP contribution in [0.5, 0.6) is 0 Å². The molecule has 9 aromatic carbocycles. The number of rotatable bonds is 4. The quantitative estimate of drug-likeness (QED) is 0.184. The molecule has 0 spiro atoms. The number of nitrogens with zero attached hydrogens (tertiary/aromatic N) is 2. The van der Waals surface area contributed by atoms with Crippen LogP contribution in [0, 0.1) is 0 Å². The number of aliphatic imine (C=N–C) groups is 2. The van der Waals surface area contributed by atoms with Crippen LogP contribution >= 0.6 is 0 Å². The van der Waals surface area contributed by atoms with Crippen LogP contribution in [-0.2, 0) is 0 Å². The smallest absolute Gasteiger partial charge is 0.170 e. The molecule has 1 atom stereocenters. The molecule has 0 saturated carbocycles. The van der Waals surface area contributed by atoms with E-state index < -0.39 is 6.17 Å². The summed E-state index contributed by atoms with van der Waals surface area (Å²) >= 11 is 0. The van der Waals surface area contributed by atoms with Crippen molar-refractivity contribution in [1.82, 2.24) is 5.32 Å². The van der Waals surface area contributed by atoms with E-state index in [0.717, 1.165) is 99.5 Å². The highest BCUT2D eigenvalue weighted by atomic mass is 16.3. The van der Waals surface area contributed by atoms with Gasteiger partial charge in [0, 0.05) is 49.4 Å². The maximum atomic E-state index is 6.86. The predicted molar refractivity (Wildman–Crippen MR) is 231 cm³/mol. The van der Waals surface area contributed by atoms with Crippen molar-refractivity contribution in [2.24, 2.45) is 9.98 Å². The van der Waals surface area contributed by atoms with Crippen molar-refractivity contribution >= 4 is 87.9 Å². The van der Waals surface area contributed by atoms with E-state index in [-0.39, 0.29) is 0 Å². The highest BCUT2D eigenvalue weighted by Gasteiger charge is 2.27. The summed E-state index contributed by atoms with van der Waals surface area (Å²) in [6, 6.07) is 61.4. The Hall–Kier alpha value is -7.50. The number of hydrogen-bond acceptors (Lipinski definition) is 5. The molecule has 1 aliphatic heterocycles. The lowest BCUT2D eigenvalue weighted by molar-refractivity contribution is 0.664. The Kier molecular flexibility index (Phi) is 6.63. The topological polar surface area (TPSA) is 63.0 Å². The highest BCUT2D eigenvalue weighted by Crippen LogP contribution is 2.46. The fourth-order valence-electron chi connectivity index (χ4n) is 8.69. The largest absolute Gasteiger partial charge is 0.455 e. The predicted octanol–water partition coefficient (Wildman–Crippen LogP) is 13.1. The van der Waals surface area contributed by atoms with Gasteiger partial charge in [0.15, 0.2) is 6.17 Å². The van der Waals surface area contributed by atoms with Crippen molar-refractivity contribution < 1.29 is 8.83 Å². The lowest BCUT2D eigenvalue weighted by Crippen LogP contribution is -2.36. The number of hydrogen-bond donors (Lipinski definition) is 1. The summed E-state index contributed by atoms with van der Waals surface area (Å²) in [5.41, 5.74) is 8.19. The first kappa shape index (κ1) is 30.9. The summed E-state index contributed by atoms with van der Waals surface area (Å²) in [6.07, 6.45) is -0.547. The number of benzene rings is 9. The minimum absolute atomic E-state index is 0.547. The van der Waals surface area contributed by atoms with E-state index in [2.05, 4.69) is 139 Å². The summed E-state index contributed by atoms with van der Waals surface area (Å²) in [4.78, 5) is 10.7. The molecule has 0 radical (unpaired) electrons. The second kappa shape index (κ2) is 12.0. The average Bonchev–Trinajstić information content (AvgIpc) is 3.86. The van der Waals surface area contributed by atoms with Crippen LogP contribution in [0.15, 0.2) is 195 Å². The van der Waals surface area contributed by atoms with Crippen LogP contribution in [0.1, 0.15) is 22.9 Å². The van der Waals surface area contributed by atoms with Crippen LogP contribution in [-0.4, -0.2) is 11.7 Å². The molecule has 3 heterocycles. The summed E-state index contributed by atoms with van der Waals surface area (Å²) in [5.74, 6) is 1.53. The SMILES string of the molecule is c1ccc(C2=NC(c3ccc(-c4cc5ccccc5c5c4oc4ccccc45)c4oc5ccccc5c34)N=C(c3ccc4c(ccc5ccccc54)c3)N2)cc1. The molecule has 0 saturated heterocycles. The Morgan fingerprint density at radius 2 is 0.964 bits per heavy atom. The van der Waals surface area contributed by atoms with Gasteiger partial charge in [0.1, 0.15) is 34.0 Å². The molecule has 0 bridgehead atoms. The molecule has 5 heteroatoms. The van der Waals surface area contributed by atoms with Gasteiger partial charge in [-0.2, -0.15) is 0 Å². The van der Waals surface area contributed by atoms with E-state index in [0.29, 0.717) is 0 Å². The molecule has 1 N–H and O–H groups in total. The Morgan fingerprint density at radius 3 is 1.75 bits per heavy atom. The molecule has 0 amide bonds. The lowest BCUT2D eigenvalue weighted by atomic mass is 9.93. The standard InChI is InChI=1S/C51H31N3O2/c1-2-13-31(14-3-1)49-52-50(34-24-25-36-33(28-34)23-22-30-12-4-6-16-35(30)36)54-51(53-49)41-27-26-38(47-46(41)40-19-9-11-21-44(40)55-47)42-29-32-15-5-7-17-37(32)45-39-18-8-10-20-43(39)56-48(42)45/h1-29,51H,(H,52,53,54). The van der Waals surface area contributed by atoms with Gasteiger partial charge in [-0.3, -0.25) is 0 Å². The zero-order chi connectivity index (χ0) is 36.7. The molecule has 2 aromatic heterocycles. The Morgan fingerprint density at radius 1 is 0.393 bits per heavy atom. The Balaban J connectivity index is 1.10. The molecular formula is C51H31N3O2. The molecule has 11 aromatic rings. The summed E-state index contributed by atoms with van der Waals surface area (Å²) in [6.45, 7) is 0. The summed E-state index contributed by atoms with van der Waals surface area (Å²) in [7, 11) is 0. The number of amidine groups is 2. The number of fused-ring (bicyclic) bond motifs is 11. The monoisotopic (exact) mass is 717 g/mol. The molecule has 12 rings (SSSR count). The lowest BCUT2D eigenvalue weighted by Gasteiger charge is -2.23. The van der Waals surface area contributed by atoms with E-state index in [9.17, 15) is 0 Å². The van der Waals surface area contributed by atoms with Gasteiger partial charge in [-0.1, -0.05) is 152 Å². The molecule has 1 aliphatic rings. The van der Waals surface area contributed by atoms with Crippen LogP contribution in [0.4, 0.5) is 0 Å². The van der Waals surface area contributed by atoms with E-state index in [1.165, 1.54) is 16.2 Å². The molecular weight excluding hydrogens is 687 g/mol. The zero-order valence-electron chi connectivity index (χ0n) is 30.0. The van der Waals surface area contributed by atoms with Crippen molar-refractivity contribution in [3.05, 3.63) is 193 Å². The Bertz CT molecular complexity index is 3460. The van der Waals surface area contributed by atoms with Crippen LogP contribution < -0.4 is 5.32 Å². The fraction of sp³-hybridized carbons (Fsp3) is 0.0196. The first-order valence-electron chi connectivity index (χ1n) is 18.9. The van der Waals surface area contributed by atoms with Crippen molar-refractivity contribution in [2.45, 2.75) is 6.17 Å². The second-order valence-corrected chi connectivity index (χ2v) is 14.5. The third kappa shape index (κ3) is 4.67. The molecule has 56 heavy (non-hydrogen) atoms. The van der Waals surface area contributed by atoms with Gasteiger partial charge >= 0.3 is 0 Å². The van der Waals surface area contributed by atoms with Gasteiger partial charge in [-0.05, 0) is 56.6 Å². The van der Waals surface area contributed by atoms with Gasteiger partial charge in [0.2, 0.25) is 0 Å². The number of furan rings is 2. The van der Waals surface area contributed by atoms with Crippen molar-refractivity contribution in [3.8, 4) is 11.1 Å². The van der Waals surface area contributed by atoms with Gasteiger partial charge in [0.25, 0.3) is 0 Å². The average molecular weight is 718 g/mol. The second-order valence-electron chi connectivity index (χ2n) is 14.5. The first-order chi connectivity index (χ1) is 27.7. The molecule has 0 fully saturated rings.